The monoisotopic (exact) mass is 315 g/mol. The van der Waals surface area contributed by atoms with Crippen molar-refractivity contribution in [1.29, 1.82) is 0 Å². The van der Waals surface area contributed by atoms with Crippen molar-refractivity contribution in [2.75, 3.05) is 11.9 Å². The van der Waals surface area contributed by atoms with E-state index in [9.17, 15) is 26.3 Å². The molecule has 0 atom stereocenters. The van der Waals surface area contributed by atoms with Gasteiger partial charge in [-0.15, -0.1) is 13.2 Å². The van der Waals surface area contributed by atoms with Crippen LogP contribution < -0.4 is 15.8 Å². The third kappa shape index (κ3) is 7.28. The zero-order valence-corrected chi connectivity index (χ0v) is 10.4. The molecule has 0 aliphatic heterocycles. The lowest BCUT2D eigenvalue weighted by Gasteiger charge is -2.14. The smallest absolute Gasteiger partial charge is 0.404 e. The SMILES string of the molecule is NC(=NCCC(F)(F)F)Nc1ccccc1OC(F)(F)F. The van der Waals surface area contributed by atoms with Crippen molar-refractivity contribution in [3.8, 4) is 5.75 Å². The third-order valence-electron chi connectivity index (χ3n) is 2.05. The molecule has 10 heteroatoms. The van der Waals surface area contributed by atoms with Crippen LogP contribution in [0.2, 0.25) is 0 Å². The molecule has 0 bridgehead atoms. The van der Waals surface area contributed by atoms with E-state index in [1.807, 2.05) is 0 Å². The maximum atomic E-state index is 12.2. The molecule has 21 heavy (non-hydrogen) atoms. The van der Waals surface area contributed by atoms with Gasteiger partial charge in [0.2, 0.25) is 0 Å². The fraction of sp³-hybridized carbons (Fsp3) is 0.364. The van der Waals surface area contributed by atoms with Crippen molar-refractivity contribution in [2.45, 2.75) is 19.0 Å². The number of guanidine groups is 1. The molecule has 0 aromatic heterocycles. The largest absolute Gasteiger partial charge is 0.573 e. The molecule has 1 aromatic rings. The van der Waals surface area contributed by atoms with E-state index in [1.165, 1.54) is 18.2 Å². The average molecular weight is 315 g/mol. The van der Waals surface area contributed by atoms with E-state index in [1.54, 1.807) is 0 Å². The van der Waals surface area contributed by atoms with Crippen LogP contribution in [-0.2, 0) is 0 Å². The average Bonchev–Trinajstić information content (AvgIpc) is 2.28. The van der Waals surface area contributed by atoms with Crippen molar-refractivity contribution in [2.24, 2.45) is 10.7 Å². The van der Waals surface area contributed by atoms with E-state index in [0.29, 0.717) is 0 Å². The highest BCUT2D eigenvalue weighted by molar-refractivity contribution is 5.93. The molecule has 0 fully saturated rings. The first-order valence-electron chi connectivity index (χ1n) is 5.55. The van der Waals surface area contributed by atoms with Crippen LogP contribution in [0.5, 0.6) is 5.75 Å². The van der Waals surface area contributed by atoms with Crippen molar-refractivity contribution in [3.05, 3.63) is 24.3 Å². The maximum Gasteiger partial charge on any atom is 0.573 e. The van der Waals surface area contributed by atoms with Crippen LogP contribution in [0.3, 0.4) is 0 Å². The second kappa shape index (κ2) is 6.55. The number of alkyl halides is 6. The quantitative estimate of drug-likeness (QED) is 0.509. The van der Waals surface area contributed by atoms with Crippen LogP contribution in [0.1, 0.15) is 6.42 Å². The van der Waals surface area contributed by atoms with Gasteiger partial charge < -0.3 is 15.8 Å². The Hall–Kier alpha value is -2.13. The van der Waals surface area contributed by atoms with Gasteiger partial charge in [0, 0.05) is 0 Å². The summed E-state index contributed by atoms with van der Waals surface area (Å²) in [5, 5.41) is 2.25. The van der Waals surface area contributed by atoms with Crippen molar-refractivity contribution in [1.82, 2.24) is 0 Å². The Kier molecular flexibility index (Phi) is 5.28. The number of nitrogens with one attached hydrogen (secondary N) is 1. The summed E-state index contributed by atoms with van der Waals surface area (Å²) in [6.45, 7) is -0.634. The van der Waals surface area contributed by atoms with Gasteiger partial charge >= 0.3 is 12.5 Å². The predicted molar refractivity (Wildman–Crippen MR) is 63.9 cm³/mol. The van der Waals surface area contributed by atoms with Crippen LogP contribution in [-0.4, -0.2) is 25.0 Å². The maximum absolute atomic E-state index is 12.2. The van der Waals surface area contributed by atoms with Gasteiger partial charge in [-0.1, -0.05) is 12.1 Å². The molecule has 0 saturated carbocycles. The predicted octanol–water partition coefficient (Wildman–Crippen LogP) is 3.26. The van der Waals surface area contributed by atoms with E-state index in [4.69, 9.17) is 5.73 Å². The van der Waals surface area contributed by atoms with E-state index in [-0.39, 0.29) is 5.69 Å². The summed E-state index contributed by atoms with van der Waals surface area (Å²) in [6, 6.07) is 4.93. The standard InChI is InChI=1S/C11H11F6N3O/c12-10(13,14)5-6-19-9(18)20-7-3-1-2-4-8(7)21-11(15,16)17/h1-4H,5-6H2,(H3,18,19,20). The molecule has 1 aromatic carbocycles. The Morgan fingerprint density at radius 3 is 2.33 bits per heavy atom. The molecule has 0 heterocycles. The summed E-state index contributed by atoms with van der Waals surface area (Å²) >= 11 is 0. The number of nitrogens with zero attached hydrogens (tertiary/aromatic N) is 1. The van der Waals surface area contributed by atoms with Gasteiger partial charge in [-0.3, -0.25) is 4.99 Å². The lowest BCUT2D eigenvalue weighted by molar-refractivity contribution is -0.274. The van der Waals surface area contributed by atoms with Crippen LogP contribution in [0.25, 0.3) is 0 Å². The van der Waals surface area contributed by atoms with Crippen molar-refractivity contribution >= 4 is 11.6 Å². The Morgan fingerprint density at radius 2 is 1.76 bits per heavy atom. The van der Waals surface area contributed by atoms with Crippen LogP contribution in [0.15, 0.2) is 29.3 Å². The molecule has 0 spiro atoms. The number of benzene rings is 1. The Morgan fingerprint density at radius 1 is 1.14 bits per heavy atom. The van der Waals surface area contributed by atoms with E-state index < -0.39 is 37.2 Å². The summed E-state index contributed by atoms with van der Waals surface area (Å²) in [7, 11) is 0. The number of nitrogens with two attached hydrogens (primary N) is 1. The number of hydrogen-bond acceptors (Lipinski definition) is 2. The van der Waals surface area contributed by atoms with Gasteiger partial charge in [0.25, 0.3) is 0 Å². The lowest BCUT2D eigenvalue weighted by Crippen LogP contribution is -2.25. The van der Waals surface area contributed by atoms with E-state index >= 15 is 0 Å². The number of aliphatic imine (C=N–C) groups is 1. The summed E-state index contributed by atoms with van der Waals surface area (Å²) in [6.07, 6.45) is -10.5. The van der Waals surface area contributed by atoms with Gasteiger partial charge in [-0.05, 0) is 12.1 Å². The molecule has 0 unspecified atom stereocenters. The third-order valence-corrected chi connectivity index (χ3v) is 2.05. The fourth-order valence-corrected chi connectivity index (χ4v) is 1.26. The minimum absolute atomic E-state index is 0.164. The number of rotatable bonds is 4. The highest BCUT2D eigenvalue weighted by Crippen LogP contribution is 2.29. The highest BCUT2D eigenvalue weighted by Gasteiger charge is 2.32. The second-order valence-electron chi connectivity index (χ2n) is 3.80. The number of anilines is 1. The summed E-state index contributed by atoms with van der Waals surface area (Å²) in [5.74, 6) is -1.02. The first-order chi connectivity index (χ1) is 9.57. The van der Waals surface area contributed by atoms with E-state index in [0.717, 1.165) is 6.07 Å². The topological polar surface area (TPSA) is 59.6 Å². The molecular weight excluding hydrogens is 304 g/mol. The minimum Gasteiger partial charge on any atom is -0.404 e. The normalized spacial score (nSPS) is 13.1. The number of halogens is 6. The van der Waals surface area contributed by atoms with Crippen molar-refractivity contribution in [3.63, 3.8) is 0 Å². The molecule has 0 aliphatic rings. The van der Waals surface area contributed by atoms with Crippen LogP contribution in [0.4, 0.5) is 32.0 Å². The van der Waals surface area contributed by atoms with Gasteiger partial charge in [0.05, 0.1) is 18.7 Å². The van der Waals surface area contributed by atoms with Crippen LogP contribution >= 0.6 is 0 Å². The first-order valence-corrected chi connectivity index (χ1v) is 5.55. The Balaban J connectivity index is 2.72. The molecular formula is C11H11F6N3O. The minimum atomic E-state index is -4.90. The van der Waals surface area contributed by atoms with Gasteiger partial charge in [0.15, 0.2) is 11.7 Å². The van der Waals surface area contributed by atoms with E-state index in [2.05, 4.69) is 15.0 Å². The summed E-state index contributed by atoms with van der Waals surface area (Å²) in [4.78, 5) is 3.37. The lowest BCUT2D eigenvalue weighted by atomic mass is 10.3. The van der Waals surface area contributed by atoms with Gasteiger partial charge in [-0.2, -0.15) is 13.2 Å². The molecule has 3 N–H and O–H groups in total. The van der Waals surface area contributed by atoms with Crippen molar-refractivity contribution < 1.29 is 31.1 Å². The second-order valence-corrected chi connectivity index (χ2v) is 3.80. The molecule has 0 saturated heterocycles. The molecule has 0 aliphatic carbocycles. The zero-order valence-electron chi connectivity index (χ0n) is 10.4. The number of ether oxygens (including phenoxy) is 1. The summed E-state index contributed by atoms with van der Waals surface area (Å²) < 4.78 is 75.9. The Bertz CT molecular complexity index is 497. The molecule has 0 radical (unpaired) electrons. The Labute approximate surface area is 115 Å². The van der Waals surface area contributed by atoms with Gasteiger partial charge in [0.1, 0.15) is 0 Å². The number of hydrogen-bond donors (Lipinski definition) is 2. The molecule has 0 amide bonds. The van der Waals surface area contributed by atoms with Gasteiger partial charge in [-0.25, -0.2) is 0 Å². The number of para-hydroxylation sites is 2. The zero-order chi connectivity index (χ0) is 16.1. The first kappa shape index (κ1) is 16.9. The highest BCUT2D eigenvalue weighted by atomic mass is 19.4. The molecule has 4 nitrogen and oxygen atoms in total. The summed E-state index contributed by atoms with van der Waals surface area (Å²) in [5.41, 5.74) is 5.14. The fourth-order valence-electron chi connectivity index (χ4n) is 1.26. The molecule has 118 valence electrons. The molecule has 1 rings (SSSR count). The van der Waals surface area contributed by atoms with Crippen LogP contribution in [0, 0.1) is 0 Å².